The standard InChI is InChI=1S/C5H4Br2O/c6-2-4-1-5(7)8-3-4/h1,3H,2H2. The fraction of sp³-hybridized carbons (Fsp3) is 0.200. The Kier molecular flexibility index (Phi) is 2.14. The van der Waals surface area contributed by atoms with Crippen LogP contribution in [0.25, 0.3) is 0 Å². The van der Waals surface area contributed by atoms with Crippen LogP contribution in [-0.2, 0) is 5.33 Å². The summed E-state index contributed by atoms with van der Waals surface area (Å²) >= 11 is 6.48. The van der Waals surface area contributed by atoms with Crippen LogP contribution in [0.2, 0.25) is 0 Å². The molecular weight excluding hydrogens is 236 g/mol. The van der Waals surface area contributed by atoms with Gasteiger partial charge >= 0.3 is 0 Å². The van der Waals surface area contributed by atoms with Crippen molar-refractivity contribution in [3.8, 4) is 0 Å². The summed E-state index contributed by atoms with van der Waals surface area (Å²) < 4.78 is 5.73. The summed E-state index contributed by atoms with van der Waals surface area (Å²) in [5, 5.41) is 0.849. The van der Waals surface area contributed by atoms with E-state index >= 15 is 0 Å². The molecule has 0 fully saturated rings. The third-order valence-corrected chi connectivity index (χ3v) is 1.84. The van der Waals surface area contributed by atoms with Crippen LogP contribution in [0.5, 0.6) is 0 Å². The topological polar surface area (TPSA) is 13.1 Å². The van der Waals surface area contributed by atoms with E-state index in [2.05, 4.69) is 31.9 Å². The molecule has 0 N–H and O–H groups in total. The van der Waals surface area contributed by atoms with Gasteiger partial charge in [-0.15, -0.1) is 0 Å². The molecule has 0 aliphatic heterocycles. The second-order valence-corrected chi connectivity index (χ2v) is 2.74. The quantitative estimate of drug-likeness (QED) is 0.687. The molecule has 1 rings (SSSR count). The van der Waals surface area contributed by atoms with Gasteiger partial charge in [0.1, 0.15) is 0 Å². The minimum Gasteiger partial charge on any atom is -0.457 e. The van der Waals surface area contributed by atoms with Crippen molar-refractivity contribution in [3.63, 3.8) is 0 Å². The predicted molar refractivity (Wildman–Crippen MR) is 39.0 cm³/mol. The van der Waals surface area contributed by atoms with Gasteiger partial charge in [0.15, 0.2) is 4.67 Å². The Hall–Kier alpha value is 0.240. The van der Waals surface area contributed by atoms with Gasteiger partial charge in [-0.1, -0.05) is 15.9 Å². The lowest BCUT2D eigenvalue weighted by molar-refractivity contribution is 0.539. The van der Waals surface area contributed by atoms with Crippen LogP contribution in [-0.4, -0.2) is 0 Å². The fourth-order valence-electron chi connectivity index (χ4n) is 0.416. The molecule has 0 aliphatic carbocycles. The van der Waals surface area contributed by atoms with Gasteiger partial charge in [-0.3, -0.25) is 0 Å². The first kappa shape index (κ1) is 6.36. The Labute approximate surface area is 64.3 Å². The first-order valence-corrected chi connectivity index (χ1v) is 4.03. The number of halogens is 2. The van der Waals surface area contributed by atoms with Gasteiger partial charge in [0.2, 0.25) is 0 Å². The SMILES string of the molecule is BrCc1coc(Br)c1. The van der Waals surface area contributed by atoms with Crippen molar-refractivity contribution in [2.24, 2.45) is 0 Å². The summed E-state index contributed by atoms with van der Waals surface area (Å²) in [4.78, 5) is 0. The number of furan rings is 1. The monoisotopic (exact) mass is 238 g/mol. The van der Waals surface area contributed by atoms with Crippen LogP contribution in [0, 0.1) is 0 Å². The summed E-state index contributed by atoms with van der Waals surface area (Å²) in [7, 11) is 0. The van der Waals surface area contributed by atoms with Crippen molar-refractivity contribution in [2.45, 2.75) is 5.33 Å². The van der Waals surface area contributed by atoms with E-state index in [4.69, 9.17) is 4.42 Å². The lowest BCUT2D eigenvalue weighted by Crippen LogP contribution is -1.62. The smallest absolute Gasteiger partial charge is 0.169 e. The third-order valence-electron chi connectivity index (χ3n) is 0.776. The average molecular weight is 240 g/mol. The summed E-state index contributed by atoms with van der Waals surface area (Å²) in [6, 6.07) is 1.93. The van der Waals surface area contributed by atoms with Gasteiger partial charge < -0.3 is 4.42 Å². The Morgan fingerprint density at radius 1 is 1.62 bits per heavy atom. The average Bonchev–Trinajstić information content (AvgIpc) is 2.14. The molecule has 0 atom stereocenters. The Morgan fingerprint density at radius 2 is 2.38 bits per heavy atom. The zero-order valence-corrected chi connectivity index (χ0v) is 7.20. The van der Waals surface area contributed by atoms with E-state index in [-0.39, 0.29) is 0 Å². The number of alkyl halides is 1. The molecule has 0 unspecified atom stereocenters. The molecule has 1 heterocycles. The van der Waals surface area contributed by atoms with Crippen molar-refractivity contribution in [3.05, 3.63) is 22.6 Å². The molecule has 0 aromatic carbocycles. The highest BCUT2D eigenvalue weighted by Gasteiger charge is 1.93. The van der Waals surface area contributed by atoms with Gasteiger partial charge in [0, 0.05) is 10.9 Å². The minimum absolute atomic E-state index is 0.784. The molecule has 0 radical (unpaired) electrons. The van der Waals surface area contributed by atoms with Crippen molar-refractivity contribution in [1.82, 2.24) is 0 Å². The molecule has 0 saturated heterocycles. The third kappa shape index (κ3) is 1.36. The lowest BCUT2D eigenvalue weighted by atomic mass is 10.4. The van der Waals surface area contributed by atoms with E-state index < -0.39 is 0 Å². The van der Waals surface area contributed by atoms with Crippen LogP contribution in [0.1, 0.15) is 5.56 Å². The van der Waals surface area contributed by atoms with Gasteiger partial charge in [-0.2, -0.15) is 0 Å². The molecule has 8 heavy (non-hydrogen) atoms. The zero-order chi connectivity index (χ0) is 5.98. The van der Waals surface area contributed by atoms with Crippen molar-refractivity contribution in [2.75, 3.05) is 0 Å². The molecule has 0 spiro atoms. The summed E-state index contributed by atoms with van der Waals surface area (Å²) in [6.45, 7) is 0. The Balaban J connectivity index is 2.84. The Bertz CT molecular complexity index is 171. The van der Waals surface area contributed by atoms with E-state index in [0.717, 1.165) is 15.6 Å². The maximum Gasteiger partial charge on any atom is 0.169 e. The first-order chi connectivity index (χ1) is 3.83. The van der Waals surface area contributed by atoms with Crippen LogP contribution in [0.3, 0.4) is 0 Å². The molecule has 0 amide bonds. The van der Waals surface area contributed by atoms with E-state index in [0.29, 0.717) is 0 Å². The van der Waals surface area contributed by atoms with Gasteiger partial charge in [-0.05, 0) is 22.0 Å². The van der Waals surface area contributed by atoms with Crippen LogP contribution in [0.15, 0.2) is 21.4 Å². The molecule has 0 bridgehead atoms. The lowest BCUT2D eigenvalue weighted by Gasteiger charge is -1.75. The van der Waals surface area contributed by atoms with E-state index in [1.165, 1.54) is 0 Å². The number of hydrogen-bond acceptors (Lipinski definition) is 1. The molecule has 0 saturated carbocycles. The molecular formula is C5H4Br2O. The van der Waals surface area contributed by atoms with Crippen molar-refractivity contribution in [1.29, 1.82) is 0 Å². The highest BCUT2D eigenvalue weighted by molar-refractivity contribution is 9.10. The minimum atomic E-state index is 0.784. The second-order valence-electron chi connectivity index (χ2n) is 1.39. The van der Waals surface area contributed by atoms with Crippen molar-refractivity contribution < 1.29 is 4.42 Å². The molecule has 1 nitrogen and oxygen atoms in total. The fourth-order valence-corrected chi connectivity index (χ4v) is 1.10. The maximum absolute atomic E-state index is 4.94. The van der Waals surface area contributed by atoms with Crippen LogP contribution in [0.4, 0.5) is 0 Å². The van der Waals surface area contributed by atoms with E-state index in [1.807, 2.05) is 6.07 Å². The molecule has 44 valence electrons. The normalized spacial score (nSPS) is 9.75. The summed E-state index contributed by atoms with van der Waals surface area (Å²) in [5.74, 6) is 0. The molecule has 1 aromatic heterocycles. The Morgan fingerprint density at radius 3 is 2.62 bits per heavy atom. The van der Waals surface area contributed by atoms with Crippen LogP contribution < -0.4 is 0 Å². The van der Waals surface area contributed by atoms with E-state index in [1.54, 1.807) is 6.26 Å². The van der Waals surface area contributed by atoms with Crippen LogP contribution >= 0.6 is 31.9 Å². The zero-order valence-electron chi connectivity index (χ0n) is 4.03. The highest BCUT2D eigenvalue weighted by Crippen LogP contribution is 2.15. The number of hydrogen-bond donors (Lipinski definition) is 0. The molecule has 3 heteroatoms. The van der Waals surface area contributed by atoms with Crippen molar-refractivity contribution >= 4 is 31.9 Å². The predicted octanol–water partition coefficient (Wildman–Crippen LogP) is 2.94. The molecule has 0 aliphatic rings. The first-order valence-electron chi connectivity index (χ1n) is 2.12. The largest absolute Gasteiger partial charge is 0.457 e. The van der Waals surface area contributed by atoms with E-state index in [9.17, 15) is 0 Å². The van der Waals surface area contributed by atoms with Gasteiger partial charge in [0.25, 0.3) is 0 Å². The maximum atomic E-state index is 4.94. The summed E-state index contributed by atoms with van der Waals surface area (Å²) in [6.07, 6.45) is 1.71. The number of rotatable bonds is 1. The van der Waals surface area contributed by atoms with Gasteiger partial charge in [-0.25, -0.2) is 0 Å². The second kappa shape index (κ2) is 2.69. The summed E-state index contributed by atoms with van der Waals surface area (Å²) in [5.41, 5.74) is 1.15. The highest BCUT2D eigenvalue weighted by atomic mass is 79.9. The molecule has 1 aromatic rings. The van der Waals surface area contributed by atoms with Gasteiger partial charge in [0.05, 0.1) is 6.26 Å².